The van der Waals surface area contributed by atoms with Gasteiger partial charge in [-0.1, -0.05) is 30.3 Å². The summed E-state index contributed by atoms with van der Waals surface area (Å²) in [6, 6.07) is 12.8. The highest BCUT2D eigenvalue weighted by molar-refractivity contribution is 5.68. The van der Waals surface area contributed by atoms with Crippen LogP contribution in [0.5, 0.6) is 0 Å². The van der Waals surface area contributed by atoms with Crippen LogP contribution in [0.4, 0.5) is 4.79 Å². The number of benzene rings is 1. The van der Waals surface area contributed by atoms with E-state index in [0.29, 0.717) is 0 Å². The summed E-state index contributed by atoms with van der Waals surface area (Å²) >= 11 is 0. The van der Waals surface area contributed by atoms with E-state index in [1.165, 1.54) is 11.6 Å². The SMILES string of the molecule is CC(=O)OCC(OC(=O)NCc1ccccc1)C(O)Nn1cccc1. The molecule has 134 valence electrons. The summed E-state index contributed by atoms with van der Waals surface area (Å²) in [5.74, 6) is -0.536. The number of nitrogens with zero attached hydrogens (tertiary/aromatic N) is 1. The van der Waals surface area contributed by atoms with E-state index in [-0.39, 0.29) is 13.2 Å². The first kappa shape index (κ1) is 18.3. The van der Waals surface area contributed by atoms with Gasteiger partial charge in [-0.3, -0.25) is 14.9 Å². The van der Waals surface area contributed by atoms with Crippen LogP contribution in [0.1, 0.15) is 12.5 Å². The molecule has 0 bridgehead atoms. The van der Waals surface area contributed by atoms with Crippen LogP contribution in [-0.2, 0) is 20.8 Å². The number of esters is 1. The third-order valence-electron chi connectivity index (χ3n) is 3.23. The summed E-state index contributed by atoms with van der Waals surface area (Å²) in [5.41, 5.74) is 3.61. The number of nitrogens with one attached hydrogen (secondary N) is 2. The molecule has 25 heavy (non-hydrogen) atoms. The summed E-state index contributed by atoms with van der Waals surface area (Å²) in [4.78, 5) is 23.0. The fourth-order valence-electron chi connectivity index (χ4n) is 1.99. The molecular weight excluding hydrogens is 326 g/mol. The van der Waals surface area contributed by atoms with E-state index in [1.54, 1.807) is 24.5 Å². The van der Waals surface area contributed by atoms with E-state index in [0.717, 1.165) is 5.56 Å². The van der Waals surface area contributed by atoms with Crippen LogP contribution in [0.15, 0.2) is 54.9 Å². The molecule has 1 amide bonds. The predicted octanol–water partition coefficient (Wildman–Crippen LogP) is 1.21. The predicted molar refractivity (Wildman–Crippen MR) is 90.0 cm³/mol. The first-order valence-electron chi connectivity index (χ1n) is 7.74. The lowest BCUT2D eigenvalue weighted by Crippen LogP contribution is -2.45. The van der Waals surface area contributed by atoms with Gasteiger partial charge in [0, 0.05) is 25.9 Å². The number of hydrogen-bond donors (Lipinski definition) is 3. The monoisotopic (exact) mass is 347 g/mol. The Morgan fingerprint density at radius 3 is 2.48 bits per heavy atom. The third-order valence-corrected chi connectivity index (χ3v) is 3.23. The second-order valence-electron chi connectivity index (χ2n) is 5.25. The van der Waals surface area contributed by atoms with Crippen LogP contribution in [0.3, 0.4) is 0 Å². The number of hydrogen-bond acceptors (Lipinski definition) is 6. The first-order valence-corrected chi connectivity index (χ1v) is 7.74. The maximum Gasteiger partial charge on any atom is 0.407 e. The molecule has 2 aromatic rings. The van der Waals surface area contributed by atoms with E-state index in [9.17, 15) is 14.7 Å². The van der Waals surface area contributed by atoms with Crippen LogP contribution in [0, 0.1) is 0 Å². The zero-order valence-corrected chi connectivity index (χ0v) is 13.8. The zero-order valence-electron chi connectivity index (χ0n) is 13.8. The van der Waals surface area contributed by atoms with Gasteiger partial charge in [-0.15, -0.1) is 0 Å². The van der Waals surface area contributed by atoms with Crippen molar-refractivity contribution >= 4 is 12.1 Å². The summed E-state index contributed by atoms with van der Waals surface area (Å²) in [6.07, 6.45) is 0.258. The number of aliphatic hydroxyl groups is 1. The fraction of sp³-hybridized carbons (Fsp3) is 0.294. The van der Waals surface area contributed by atoms with Crippen molar-refractivity contribution in [2.45, 2.75) is 25.8 Å². The van der Waals surface area contributed by atoms with E-state index < -0.39 is 24.4 Å². The molecule has 2 rings (SSSR count). The van der Waals surface area contributed by atoms with E-state index in [4.69, 9.17) is 9.47 Å². The average Bonchev–Trinajstić information content (AvgIpc) is 3.10. The van der Waals surface area contributed by atoms with Crippen molar-refractivity contribution in [2.24, 2.45) is 0 Å². The lowest BCUT2D eigenvalue weighted by atomic mass is 10.2. The fourth-order valence-corrected chi connectivity index (χ4v) is 1.99. The molecule has 2 atom stereocenters. The molecule has 1 heterocycles. The number of carbonyl (C=O) groups is 2. The highest BCUT2D eigenvalue weighted by Gasteiger charge is 2.25. The molecule has 0 aliphatic heterocycles. The quantitative estimate of drug-likeness (QED) is 0.490. The van der Waals surface area contributed by atoms with Gasteiger partial charge in [-0.05, 0) is 17.7 Å². The minimum absolute atomic E-state index is 0.274. The number of rotatable bonds is 8. The molecule has 0 spiro atoms. The second kappa shape index (κ2) is 9.33. The van der Waals surface area contributed by atoms with Crippen LogP contribution >= 0.6 is 0 Å². The molecule has 8 heteroatoms. The Balaban J connectivity index is 1.89. The number of ether oxygens (including phenoxy) is 2. The molecule has 2 unspecified atom stereocenters. The standard InChI is InChI=1S/C17H21N3O5/c1-13(21)24-12-15(16(22)19-20-9-5-6-10-20)25-17(23)18-11-14-7-3-2-4-8-14/h2-10,15-16,19,22H,11-12H2,1H3,(H,18,23). The third kappa shape index (κ3) is 6.56. The molecule has 1 aromatic heterocycles. The van der Waals surface area contributed by atoms with Gasteiger partial charge in [0.2, 0.25) is 0 Å². The largest absolute Gasteiger partial charge is 0.462 e. The van der Waals surface area contributed by atoms with Crippen molar-refractivity contribution in [2.75, 3.05) is 12.0 Å². The smallest absolute Gasteiger partial charge is 0.407 e. The average molecular weight is 347 g/mol. The number of carbonyl (C=O) groups excluding carboxylic acids is 2. The summed E-state index contributed by atoms with van der Waals surface area (Å²) in [5, 5.41) is 12.8. The molecule has 0 aliphatic rings. The molecule has 0 radical (unpaired) electrons. The zero-order chi connectivity index (χ0) is 18.1. The molecule has 8 nitrogen and oxygen atoms in total. The number of amides is 1. The minimum Gasteiger partial charge on any atom is -0.462 e. The van der Waals surface area contributed by atoms with E-state index >= 15 is 0 Å². The Bertz CT molecular complexity index is 660. The van der Waals surface area contributed by atoms with Crippen LogP contribution in [0.2, 0.25) is 0 Å². The van der Waals surface area contributed by atoms with Crippen LogP contribution in [0.25, 0.3) is 0 Å². The summed E-state index contributed by atoms with van der Waals surface area (Å²) < 4.78 is 11.5. The first-order chi connectivity index (χ1) is 12.0. The lowest BCUT2D eigenvalue weighted by Gasteiger charge is -2.24. The molecule has 3 N–H and O–H groups in total. The van der Waals surface area contributed by atoms with Gasteiger partial charge in [-0.2, -0.15) is 0 Å². The van der Waals surface area contributed by atoms with Gasteiger partial charge >= 0.3 is 12.1 Å². The van der Waals surface area contributed by atoms with Crippen LogP contribution < -0.4 is 10.7 Å². The summed E-state index contributed by atoms with van der Waals surface area (Å²) in [7, 11) is 0. The highest BCUT2D eigenvalue weighted by atomic mass is 16.6. The minimum atomic E-state index is -1.27. The van der Waals surface area contributed by atoms with Gasteiger partial charge < -0.3 is 19.9 Å². The van der Waals surface area contributed by atoms with Crippen molar-refractivity contribution in [3.63, 3.8) is 0 Å². The Kier molecular flexibility index (Phi) is 6.85. The maximum atomic E-state index is 12.0. The molecular formula is C17H21N3O5. The van der Waals surface area contributed by atoms with Crippen molar-refractivity contribution in [1.82, 2.24) is 9.99 Å². The van der Waals surface area contributed by atoms with Crippen LogP contribution in [-0.4, -0.2) is 40.8 Å². The number of aromatic nitrogens is 1. The normalized spacial score (nSPS) is 12.7. The topological polar surface area (TPSA) is 102 Å². The van der Waals surface area contributed by atoms with Crippen molar-refractivity contribution in [3.8, 4) is 0 Å². The maximum absolute atomic E-state index is 12.0. The Labute approximate surface area is 145 Å². The molecule has 0 saturated carbocycles. The second-order valence-corrected chi connectivity index (χ2v) is 5.25. The number of alkyl carbamates (subject to hydrolysis) is 1. The lowest BCUT2D eigenvalue weighted by molar-refractivity contribution is -0.146. The number of aliphatic hydroxyl groups excluding tert-OH is 1. The van der Waals surface area contributed by atoms with Gasteiger partial charge in [0.25, 0.3) is 0 Å². The van der Waals surface area contributed by atoms with Crippen molar-refractivity contribution in [3.05, 3.63) is 60.4 Å². The van der Waals surface area contributed by atoms with Crippen molar-refractivity contribution < 1.29 is 24.2 Å². The molecule has 0 fully saturated rings. The van der Waals surface area contributed by atoms with Gasteiger partial charge in [0.05, 0.1) is 0 Å². The summed E-state index contributed by atoms with van der Waals surface area (Å²) in [6.45, 7) is 1.24. The molecule has 0 aliphatic carbocycles. The molecule has 1 aromatic carbocycles. The van der Waals surface area contributed by atoms with Crippen molar-refractivity contribution in [1.29, 1.82) is 0 Å². The Morgan fingerprint density at radius 1 is 1.16 bits per heavy atom. The Morgan fingerprint density at radius 2 is 1.84 bits per heavy atom. The van der Waals surface area contributed by atoms with E-state index in [1.807, 2.05) is 30.3 Å². The van der Waals surface area contributed by atoms with Gasteiger partial charge in [0.15, 0.2) is 12.3 Å². The highest BCUT2D eigenvalue weighted by Crippen LogP contribution is 2.03. The van der Waals surface area contributed by atoms with Gasteiger partial charge in [0.1, 0.15) is 6.61 Å². The Hall–Kier alpha value is -3.00. The van der Waals surface area contributed by atoms with E-state index in [2.05, 4.69) is 10.7 Å². The molecule has 0 saturated heterocycles. The van der Waals surface area contributed by atoms with Gasteiger partial charge in [-0.25, -0.2) is 4.79 Å².